The molecule has 0 amide bonds. The molecule has 5 nitrogen and oxygen atoms in total. The Labute approximate surface area is 95.9 Å². The van der Waals surface area contributed by atoms with Crippen molar-refractivity contribution in [3.8, 4) is 5.75 Å². The summed E-state index contributed by atoms with van der Waals surface area (Å²) in [5.41, 5.74) is 0. The predicted octanol–water partition coefficient (Wildman–Crippen LogP) is 1.25. The number of rotatable bonds is 3. The summed E-state index contributed by atoms with van der Waals surface area (Å²) in [4.78, 5) is -0.472. The van der Waals surface area contributed by atoms with E-state index < -0.39 is 20.8 Å². The van der Waals surface area contributed by atoms with Gasteiger partial charge in [0.15, 0.2) is 0 Å². The molecular weight excluding hydrogens is 230 g/mol. The van der Waals surface area contributed by atoms with Gasteiger partial charge in [-0.1, -0.05) is 26.0 Å². The highest BCUT2D eigenvalue weighted by Crippen LogP contribution is 2.20. The van der Waals surface area contributed by atoms with Crippen molar-refractivity contribution in [2.24, 2.45) is 0 Å². The maximum absolute atomic E-state index is 10.4. The topological polar surface area (TPSA) is 86.6 Å². The number of hydrogen-bond donors (Lipinski definition) is 3. The van der Waals surface area contributed by atoms with Crippen molar-refractivity contribution in [2.45, 2.75) is 18.7 Å². The molecule has 3 N–H and O–H groups in total. The van der Waals surface area contributed by atoms with Gasteiger partial charge in [0.25, 0.3) is 10.1 Å². The molecule has 0 saturated heterocycles. The molecule has 92 valence electrons. The number of phenolic OH excluding ortho intramolecular Hbond substituents is 1. The van der Waals surface area contributed by atoms with Crippen LogP contribution in [-0.2, 0) is 10.1 Å². The second-order valence-corrected chi connectivity index (χ2v) is 4.29. The molecule has 1 aromatic carbocycles. The molecule has 0 bridgehead atoms. The highest BCUT2D eigenvalue weighted by atomic mass is 32.2. The van der Waals surface area contributed by atoms with Gasteiger partial charge in [-0.05, 0) is 25.2 Å². The molecule has 0 radical (unpaired) electrons. The Hall–Kier alpha value is -1.11. The summed E-state index contributed by atoms with van der Waals surface area (Å²) >= 11 is 0. The van der Waals surface area contributed by atoms with E-state index in [4.69, 9.17) is 9.66 Å². The van der Waals surface area contributed by atoms with Gasteiger partial charge < -0.3 is 10.4 Å². The molecule has 0 aliphatic rings. The number of hydrogen-bond acceptors (Lipinski definition) is 4. The summed E-state index contributed by atoms with van der Waals surface area (Å²) in [5, 5.41) is 12.0. The van der Waals surface area contributed by atoms with E-state index in [-0.39, 0.29) is 0 Å². The standard InChI is InChI=1S/C6H6O4S.C4H11N/c7-5-3-1-2-4-6(5)11(8,9)10;1-3-5-4-2/h1-4,7H,(H,8,9,10);5H,3-4H2,1-2H3. The zero-order valence-corrected chi connectivity index (χ0v) is 10.2. The molecule has 0 heterocycles. The third-order valence-corrected chi connectivity index (χ3v) is 2.54. The van der Waals surface area contributed by atoms with E-state index in [9.17, 15) is 8.42 Å². The predicted molar refractivity (Wildman–Crippen MR) is 62.1 cm³/mol. The van der Waals surface area contributed by atoms with Crippen molar-refractivity contribution < 1.29 is 18.1 Å². The first-order chi connectivity index (χ1) is 7.43. The lowest BCUT2D eigenvalue weighted by molar-refractivity contribution is 0.443. The molecule has 0 saturated carbocycles. The van der Waals surface area contributed by atoms with E-state index >= 15 is 0 Å². The first-order valence-corrected chi connectivity index (χ1v) is 6.33. The molecule has 0 aliphatic carbocycles. The minimum Gasteiger partial charge on any atom is -0.506 e. The van der Waals surface area contributed by atoms with Gasteiger partial charge in [0, 0.05) is 0 Å². The first-order valence-electron chi connectivity index (χ1n) is 4.89. The molecule has 1 rings (SSSR count). The summed E-state index contributed by atoms with van der Waals surface area (Å²) in [7, 11) is -4.28. The van der Waals surface area contributed by atoms with Crippen LogP contribution in [0.5, 0.6) is 5.75 Å². The van der Waals surface area contributed by atoms with Crippen LogP contribution in [0.3, 0.4) is 0 Å². The summed E-state index contributed by atoms with van der Waals surface area (Å²) in [6.45, 7) is 6.39. The van der Waals surface area contributed by atoms with Crippen molar-refractivity contribution in [1.82, 2.24) is 5.32 Å². The highest BCUT2D eigenvalue weighted by molar-refractivity contribution is 7.86. The lowest BCUT2D eigenvalue weighted by atomic mass is 10.3. The summed E-state index contributed by atoms with van der Waals surface area (Å²) in [6.07, 6.45) is 0. The molecule has 0 aromatic heterocycles. The molecule has 0 spiro atoms. The number of phenols is 1. The van der Waals surface area contributed by atoms with Crippen LogP contribution < -0.4 is 5.32 Å². The number of para-hydroxylation sites is 1. The van der Waals surface area contributed by atoms with Gasteiger partial charge >= 0.3 is 0 Å². The van der Waals surface area contributed by atoms with Crippen molar-refractivity contribution in [2.75, 3.05) is 13.1 Å². The van der Waals surface area contributed by atoms with Crippen molar-refractivity contribution in [1.29, 1.82) is 0 Å². The molecule has 1 aromatic rings. The van der Waals surface area contributed by atoms with Crippen LogP contribution in [0.2, 0.25) is 0 Å². The van der Waals surface area contributed by atoms with E-state index in [0.29, 0.717) is 0 Å². The fourth-order valence-corrected chi connectivity index (χ4v) is 1.51. The van der Waals surface area contributed by atoms with Gasteiger partial charge in [0.05, 0.1) is 0 Å². The Morgan fingerprint density at radius 1 is 1.19 bits per heavy atom. The lowest BCUT2D eigenvalue weighted by Crippen LogP contribution is -2.09. The maximum Gasteiger partial charge on any atom is 0.298 e. The van der Waals surface area contributed by atoms with Gasteiger partial charge in [0.1, 0.15) is 10.6 Å². The van der Waals surface area contributed by atoms with Gasteiger partial charge in [-0.2, -0.15) is 8.42 Å². The molecule has 6 heteroatoms. The van der Waals surface area contributed by atoms with Crippen LogP contribution in [0.25, 0.3) is 0 Å². The minimum atomic E-state index is -4.28. The Kier molecular flexibility index (Phi) is 6.71. The van der Waals surface area contributed by atoms with Crippen LogP contribution >= 0.6 is 0 Å². The first kappa shape index (κ1) is 14.9. The van der Waals surface area contributed by atoms with Crippen molar-refractivity contribution >= 4 is 10.1 Å². The largest absolute Gasteiger partial charge is 0.506 e. The fourth-order valence-electron chi connectivity index (χ4n) is 0.925. The third kappa shape index (κ3) is 5.69. The lowest BCUT2D eigenvalue weighted by Gasteiger charge is -1.97. The van der Waals surface area contributed by atoms with Gasteiger partial charge in [0.2, 0.25) is 0 Å². The van der Waals surface area contributed by atoms with Crippen LogP contribution in [0.15, 0.2) is 29.2 Å². The van der Waals surface area contributed by atoms with Crippen LogP contribution in [0.4, 0.5) is 0 Å². The third-order valence-electron chi connectivity index (χ3n) is 1.64. The Balaban J connectivity index is 0.000000385. The average molecular weight is 247 g/mol. The summed E-state index contributed by atoms with van der Waals surface area (Å²) in [5.74, 6) is -0.449. The molecule has 0 fully saturated rings. The van der Waals surface area contributed by atoms with E-state index in [1.165, 1.54) is 18.2 Å². The SMILES string of the molecule is CCNCC.O=S(=O)(O)c1ccccc1O. The second kappa shape index (κ2) is 7.21. The fraction of sp³-hybridized carbons (Fsp3) is 0.400. The van der Waals surface area contributed by atoms with Gasteiger partial charge in [-0.3, -0.25) is 4.55 Å². The monoisotopic (exact) mass is 247 g/mol. The van der Waals surface area contributed by atoms with Crippen molar-refractivity contribution in [3.63, 3.8) is 0 Å². The normalized spacial score (nSPS) is 10.4. The quantitative estimate of drug-likeness (QED) is 0.700. The molecule has 0 atom stereocenters. The minimum absolute atomic E-state index is 0.449. The molecule has 0 aliphatic heterocycles. The Morgan fingerprint density at radius 2 is 1.69 bits per heavy atom. The molecule has 16 heavy (non-hydrogen) atoms. The van der Waals surface area contributed by atoms with E-state index in [0.717, 1.165) is 19.2 Å². The Bertz CT molecular complexity index is 401. The number of aromatic hydroxyl groups is 1. The summed E-state index contributed by atoms with van der Waals surface area (Å²) < 4.78 is 29.4. The van der Waals surface area contributed by atoms with Crippen LogP contribution in [0.1, 0.15) is 13.8 Å². The van der Waals surface area contributed by atoms with Gasteiger partial charge in [-0.15, -0.1) is 0 Å². The van der Waals surface area contributed by atoms with E-state index in [1.807, 2.05) is 0 Å². The van der Waals surface area contributed by atoms with Crippen LogP contribution in [-0.4, -0.2) is 31.2 Å². The van der Waals surface area contributed by atoms with E-state index in [1.54, 1.807) is 0 Å². The smallest absolute Gasteiger partial charge is 0.298 e. The number of nitrogens with one attached hydrogen (secondary N) is 1. The van der Waals surface area contributed by atoms with Crippen molar-refractivity contribution in [3.05, 3.63) is 24.3 Å². The molecular formula is C10H17NO4S. The molecule has 0 unspecified atom stereocenters. The average Bonchev–Trinajstić information content (AvgIpc) is 2.19. The second-order valence-electron chi connectivity index (χ2n) is 2.90. The summed E-state index contributed by atoms with van der Waals surface area (Å²) in [6, 6.07) is 5.17. The Morgan fingerprint density at radius 3 is 1.94 bits per heavy atom. The maximum atomic E-state index is 10.4. The van der Waals surface area contributed by atoms with Gasteiger partial charge in [-0.25, -0.2) is 0 Å². The van der Waals surface area contributed by atoms with Crippen LogP contribution in [0, 0.1) is 0 Å². The zero-order chi connectivity index (χ0) is 12.6. The highest BCUT2D eigenvalue weighted by Gasteiger charge is 2.12. The number of benzene rings is 1. The zero-order valence-electron chi connectivity index (χ0n) is 9.34. The van der Waals surface area contributed by atoms with E-state index in [2.05, 4.69) is 19.2 Å².